The Labute approximate surface area is 192 Å². The second kappa shape index (κ2) is 8.04. The smallest absolute Gasteiger partial charge is 0.259 e. The monoisotopic (exact) mass is 465 g/mol. The third kappa shape index (κ3) is 3.44. The number of carbonyl (C=O) groups is 1. The number of rotatable bonds is 5. The first kappa shape index (κ1) is 20.0. The van der Waals surface area contributed by atoms with Gasteiger partial charge in [0, 0.05) is 11.4 Å². The molecule has 164 valence electrons. The number of likely N-dealkylation sites (tertiary alicyclic amines) is 1. The van der Waals surface area contributed by atoms with E-state index in [4.69, 9.17) is 4.98 Å². The zero-order valence-corrected chi connectivity index (χ0v) is 19.2. The van der Waals surface area contributed by atoms with Gasteiger partial charge in [-0.05, 0) is 49.8 Å². The number of fused-ring (bicyclic) bond motifs is 4. The Hall–Kier alpha value is -2.65. The first-order chi connectivity index (χ1) is 15.7. The summed E-state index contributed by atoms with van der Waals surface area (Å²) >= 11 is 3.15. The van der Waals surface area contributed by atoms with Crippen LogP contribution >= 0.6 is 23.1 Å². The van der Waals surface area contributed by atoms with Gasteiger partial charge in [-0.3, -0.25) is 9.59 Å². The molecule has 2 N–H and O–H groups in total. The lowest BCUT2D eigenvalue weighted by molar-refractivity contribution is -0.129. The van der Waals surface area contributed by atoms with E-state index in [1.165, 1.54) is 22.2 Å². The predicted octanol–water partition coefficient (Wildman–Crippen LogP) is 3.95. The number of para-hydroxylation sites is 2. The van der Waals surface area contributed by atoms with Crippen molar-refractivity contribution < 1.29 is 4.79 Å². The van der Waals surface area contributed by atoms with Crippen LogP contribution in [0.4, 0.5) is 0 Å². The normalized spacial score (nSPS) is 18.1. The SMILES string of the molecule is O=C(CSCc1nc2sc3c(c2c(=O)[nH]1)CCC3)N1CCCC1c1nc2ccccc2[nH]1. The van der Waals surface area contributed by atoms with Gasteiger partial charge in [0.1, 0.15) is 16.5 Å². The molecule has 0 spiro atoms. The van der Waals surface area contributed by atoms with E-state index < -0.39 is 0 Å². The number of carbonyl (C=O) groups excluding carboxylic acids is 1. The van der Waals surface area contributed by atoms with E-state index in [1.54, 1.807) is 11.3 Å². The number of imidazole rings is 1. The Morgan fingerprint density at radius 3 is 3.00 bits per heavy atom. The molecule has 1 aliphatic heterocycles. The molecule has 4 heterocycles. The molecule has 1 fully saturated rings. The van der Waals surface area contributed by atoms with Crippen molar-refractivity contribution in [2.75, 3.05) is 12.3 Å². The number of H-pyrrole nitrogens is 2. The van der Waals surface area contributed by atoms with Crippen molar-refractivity contribution in [3.63, 3.8) is 0 Å². The van der Waals surface area contributed by atoms with E-state index in [9.17, 15) is 9.59 Å². The van der Waals surface area contributed by atoms with Gasteiger partial charge >= 0.3 is 0 Å². The fraction of sp³-hybridized carbons (Fsp3) is 0.391. The summed E-state index contributed by atoms with van der Waals surface area (Å²) in [5.41, 5.74) is 3.09. The molecular formula is C23H23N5O2S2. The summed E-state index contributed by atoms with van der Waals surface area (Å²) in [4.78, 5) is 45.4. The maximum absolute atomic E-state index is 13.0. The maximum atomic E-state index is 13.0. The predicted molar refractivity (Wildman–Crippen MR) is 128 cm³/mol. The van der Waals surface area contributed by atoms with E-state index in [1.807, 2.05) is 29.2 Å². The first-order valence-electron chi connectivity index (χ1n) is 11.0. The lowest BCUT2D eigenvalue weighted by Gasteiger charge is -2.23. The lowest BCUT2D eigenvalue weighted by Crippen LogP contribution is -2.32. The average Bonchev–Trinajstić information content (AvgIpc) is 3.54. The van der Waals surface area contributed by atoms with E-state index in [0.717, 1.165) is 65.7 Å². The molecule has 32 heavy (non-hydrogen) atoms. The van der Waals surface area contributed by atoms with Gasteiger partial charge in [0.2, 0.25) is 5.91 Å². The van der Waals surface area contributed by atoms with Crippen molar-refractivity contribution in [1.29, 1.82) is 0 Å². The Morgan fingerprint density at radius 1 is 1.19 bits per heavy atom. The molecule has 1 amide bonds. The van der Waals surface area contributed by atoms with Gasteiger partial charge in [-0.25, -0.2) is 9.97 Å². The molecule has 6 rings (SSSR count). The molecule has 1 saturated heterocycles. The van der Waals surface area contributed by atoms with Crippen molar-refractivity contribution in [3.05, 3.63) is 56.7 Å². The van der Waals surface area contributed by atoms with E-state index >= 15 is 0 Å². The van der Waals surface area contributed by atoms with Gasteiger partial charge in [0.15, 0.2) is 0 Å². The molecule has 7 nitrogen and oxygen atoms in total. The summed E-state index contributed by atoms with van der Waals surface area (Å²) in [6.45, 7) is 0.753. The number of amides is 1. The summed E-state index contributed by atoms with van der Waals surface area (Å²) in [6, 6.07) is 7.95. The Bertz CT molecular complexity index is 1360. The lowest BCUT2D eigenvalue weighted by atomic mass is 10.2. The number of hydrogen-bond donors (Lipinski definition) is 2. The maximum Gasteiger partial charge on any atom is 0.259 e. The second-order valence-electron chi connectivity index (χ2n) is 8.43. The van der Waals surface area contributed by atoms with Gasteiger partial charge in [-0.2, -0.15) is 0 Å². The highest BCUT2D eigenvalue weighted by Gasteiger charge is 2.32. The van der Waals surface area contributed by atoms with Crippen molar-refractivity contribution in [2.45, 2.75) is 43.9 Å². The standard InChI is InChI=1S/C23H23N5O2S2/c29-19(28-10-4-8-16(28)21-24-14-6-1-2-7-15(14)25-21)12-31-11-18-26-22(30)20-13-5-3-9-17(13)32-23(20)27-18/h1-2,6-7,16H,3-5,8-12H2,(H,24,25)(H,26,27,30). The van der Waals surface area contributed by atoms with Crippen LogP contribution in [0.15, 0.2) is 29.1 Å². The van der Waals surface area contributed by atoms with E-state index in [2.05, 4.69) is 15.0 Å². The van der Waals surface area contributed by atoms with Gasteiger partial charge < -0.3 is 14.9 Å². The number of aryl methyl sites for hydroxylation is 2. The van der Waals surface area contributed by atoms with Crippen molar-refractivity contribution in [2.24, 2.45) is 0 Å². The topological polar surface area (TPSA) is 94.7 Å². The van der Waals surface area contributed by atoms with E-state index in [0.29, 0.717) is 17.3 Å². The molecule has 1 aliphatic carbocycles. The quantitative estimate of drug-likeness (QED) is 0.465. The number of nitrogens with zero attached hydrogens (tertiary/aromatic N) is 3. The van der Waals surface area contributed by atoms with Crippen LogP contribution in [-0.2, 0) is 23.4 Å². The van der Waals surface area contributed by atoms with Crippen LogP contribution in [0.1, 0.15) is 47.4 Å². The van der Waals surface area contributed by atoms with Gasteiger partial charge in [0.05, 0.1) is 34.0 Å². The van der Waals surface area contributed by atoms with Crippen molar-refractivity contribution in [3.8, 4) is 0 Å². The zero-order chi connectivity index (χ0) is 21.7. The summed E-state index contributed by atoms with van der Waals surface area (Å²) in [6.07, 6.45) is 5.06. The van der Waals surface area contributed by atoms with Gasteiger partial charge in [-0.15, -0.1) is 23.1 Å². The Balaban J connectivity index is 1.13. The van der Waals surface area contributed by atoms with Crippen molar-refractivity contribution in [1.82, 2.24) is 24.8 Å². The molecule has 4 aromatic rings. The third-order valence-corrected chi connectivity index (χ3v) is 8.50. The molecular weight excluding hydrogens is 442 g/mol. The summed E-state index contributed by atoms with van der Waals surface area (Å²) in [5.74, 6) is 2.50. The van der Waals surface area contributed by atoms with E-state index in [-0.39, 0.29) is 17.5 Å². The minimum Gasteiger partial charge on any atom is -0.340 e. The fourth-order valence-electron chi connectivity index (χ4n) is 4.91. The zero-order valence-electron chi connectivity index (χ0n) is 17.5. The minimum atomic E-state index is -0.0409. The molecule has 3 aromatic heterocycles. The number of benzene rings is 1. The number of hydrogen-bond acceptors (Lipinski definition) is 6. The van der Waals surface area contributed by atoms with Crippen LogP contribution in [0.3, 0.4) is 0 Å². The first-order valence-corrected chi connectivity index (χ1v) is 13.0. The van der Waals surface area contributed by atoms with Crippen LogP contribution in [0.2, 0.25) is 0 Å². The van der Waals surface area contributed by atoms with Gasteiger partial charge in [-0.1, -0.05) is 12.1 Å². The third-order valence-electron chi connectivity index (χ3n) is 6.38. The highest BCUT2D eigenvalue weighted by atomic mass is 32.2. The van der Waals surface area contributed by atoms with Crippen LogP contribution in [-0.4, -0.2) is 43.0 Å². The molecule has 0 radical (unpaired) electrons. The molecule has 1 unspecified atom stereocenters. The number of thiophene rings is 1. The number of aromatic nitrogens is 4. The van der Waals surface area contributed by atoms with Crippen LogP contribution in [0, 0.1) is 0 Å². The molecule has 9 heteroatoms. The van der Waals surface area contributed by atoms with Crippen molar-refractivity contribution >= 4 is 50.3 Å². The molecule has 2 aliphatic rings. The molecule has 1 aromatic carbocycles. The van der Waals surface area contributed by atoms with Crippen LogP contribution in [0.25, 0.3) is 21.3 Å². The highest BCUT2D eigenvalue weighted by molar-refractivity contribution is 7.99. The second-order valence-corrected chi connectivity index (χ2v) is 10.5. The number of thioether (sulfide) groups is 1. The number of nitrogens with one attached hydrogen (secondary N) is 2. The molecule has 1 atom stereocenters. The molecule has 0 saturated carbocycles. The average molecular weight is 466 g/mol. The summed E-state index contributed by atoms with van der Waals surface area (Å²) in [7, 11) is 0. The van der Waals surface area contributed by atoms with Gasteiger partial charge in [0.25, 0.3) is 5.56 Å². The van der Waals surface area contributed by atoms with Crippen LogP contribution in [0.5, 0.6) is 0 Å². The molecule has 0 bridgehead atoms. The highest BCUT2D eigenvalue weighted by Crippen LogP contribution is 2.35. The largest absolute Gasteiger partial charge is 0.340 e. The number of aromatic amines is 2. The minimum absolute atomic E-state index is 0.00159. The Morgan fingerprint density at radius 2 is 2.09 bits per heavy atom. The summed E-state index contributed by atoms with van der Waals surface area (Å²) in [5, 5.41) is 0.776. The fourth-order valence-corrected chi connectivity index (χ4v) is 6.97. The Kier molecular flexibility index (Phi) is 5.02. The van der Waals surface area contributed by atoms with Crippen LogP contribution < -0.4 is 5.56 Å². The summed E-state index contributed by atoms with van der Waals surface area (Å²) < 4.78 is 0.